The lowest BCUT2D eigenvalue weighted by molar-refractivity contribution is -0.140. The lowest BCUT2D eigenvalue weighted by Crippen LogP contribution is -2.45. The van der Waals surface area contributed by atoms with E-state index in [2.05, 4.69) is 5.43 Å². The smallest absolute Gasteiger partial charge is 0.248 e. The number of hydrazine groups is 1. The van der Waals surface area contributed by atoms with Crippen molar-refractivity contribution in [2.45, 2.75) is 39.2 Å². The maximum Gasteiger partial charge on any atom is 0.248 e. The average molecular weight is 301 g/mol. The Bertz CT molecular complexity index is 347. The molecule has 1 aliphatic rings. The van der Waals surface area contributed by atoms with Crippen molar-refractivity contribution in [3.8, 4) is 0 Å². The van der Waals surface area contributed by atoms with E-state index in [4.69, 9.17) is 15.3 Å². The minimum Gasteiger partial charge on any atom is -0.373 e. The second kappa shape index (κ2) is 8.31. The minimum atomic E-state index is -0.196. The summed E-state index contributed by atoms with van der Waals surface area (Å²) < 4.78 is 10.8. The van der Waals surface area contributed by atoms with Gasteiger partial charge in [-0.2, -0.15) is 0 Å². The number of carbonyl (C=O) groups is 2. The van der Waals surface area contributed by atoms with E-state index in [-0.39, 0.29) is 29.9 Å². The molecule has 1 saturated heterocycles. The summed E-state index contributed by atoms with van der Waals surface area (Å²) in [5.74, 6) is 4.81. The highest BCUT2D eigenvalue weighted by Gasteiger charge is 2.26. The van der Waals surface area contributed by atoms with Crippen molar-refractivity contribution in [2.75, 3.05) is 32.9 Å². The Hall–Kier alpha value is -1.18. The van der Waals surface area contributed by atoms with Crippen LogP contribution in [0.2, 0.25) is 0 Å². The molecular formula is C14H27N3O4. The first-order chi connectivity index (χ1) is 9.83. The molecule has 122 valence electrons. The van der Waals surface area contributed by atoms with Gasteiger partial charge in [0.1, 0.15) is 6.61 Å². The van der Waals surface area contributed by atoms with Crippen molar-refractivity contribution in [1.29, 1.82) is 0 Å². The SMILES string of the molecule is CC(C)(C)OCCOCC(=O)N1CCC(C(=O)NN)CC1. The fourth-order valence-electron chi connectivity index (χ4n) is 2.17. The predicted molar refractivity (Wildman–Crippen MR) is 78.2 cm³/mol. The predicted octanol–water partition coefficient (Wildman–Crippen LogP) is 0.0466. The van der Waals surface area contributed by atoms with E-state index < -0.39 is 0 Å². The maximum atomic E-state index is 11.9. The Balaban J connectivity index is 2.15. The third kappa shape index (κ3) is 6.88. The number of amides is 2. The number of nitrogens with zero attached hydrogens (tertiary/aromatic N) is 1. The van der Waals surface area contributed by atoms with Crippen molar-refractivity contribution >= 4 is 11.8 Å². The number of nitrogens with one attached hydrogen (secondary N) is 1. The third-order valence-corrected chi connectivity index (χ3v) is 3.35. The van der Waals surface area contributed by atoms with Crippen LogP contribution in [0.4, 0.5) is 0 Å². The Morgan fingerprint density at radius 2 is 1.86 bits per heavy atom. The molecule has 2 amide bonds. The molecule has 21 heavy (non-hydrogen) atoms. The van der Waals surface area contributed by atoms with Crippen LogP contribution in [0.3, 0.4) is 0 Å². The summed E-state index contributed by atoms with van der Waals surface area (Å²) in [5, 5.41) is 0. The standard InChI is InChI=1S/C14H27N3O4/c1-14(2,3)21-9-8-20-10-12(18)17-6-4-11(5-7-17)13(19)16-15/h11H,4-10,15H2,1-3H3,(H,16,19). The molecule has 0 aromatic heterocycles. The molecule has 1 heterocycles. The largest absolute Gasteiger partial charge is 0.373 e. The first-order valence-electron chi connectivity index (χ1n) is 7.33. The van der Waals surface area contributed by atoms with E-state index in [0.29, 0.717) is 39.1 Å². The summed E-state index contributed by atoms with van der Waals surface area (Å²) in [5.41, 5.74) is 1.96. The van der Waals surface area contributed by atoms with Crippen LogP contribution in [0, 0.1) is 5.92 Å². The molecule has 0 spiro atoms. The molecular weight excluding hydrogens is 274 g/mol. The van der Waals surface area contributed by atoms with Gasteiger partial charge < -0.3 is 14.4 Å². The van der Waals surface area contributed by atoms with Crippen molar-refractivity contribution in [3.05, 3.63) is 0 Å². The van der Waals surface area contributed by atoms with Crippen molar-refractivity contribution < 1.29 is 19.1 Å². The number of carbonyl (C=O) groups excluding carboxylic acids is 2. The number of hydrogen-bond donors (Lipinski definition) is 2. The van der Waals surface area contributed by atoms with Crippen LogP contribution in [0.25, 0.3) is 0 Å². The van der Waals surface area contributed by atoms with Crippen LogP contribution in [0.5, 0.6) is 0 Å². The molecule has 1 aliphatic heterocycles. The summed E-state index contributed by atoms with van der Waals surface area (Å²) in [6.45, 7) is 7.97. The third-order valence-electron chi connectivity index (χ3n) is 3.35. The average Bonchev–Trinajstić information content (AvgIpc) is 2.44. The zero-order chi connectivity index (χ0) is 15.9. The van der Waals surface area contributed by atoms with Gasteiger partial charge in [-0.25, -0.2) is 5.84 Å². The zero-order valence-corrected chi connectivity index (χ0v) is 13.2. The summed E-state index contributed by atoms with van der Waals surface area (Å²) >= 11 is 0. The van der Waals surface area contributed by atoms with Gasteiger partial charge in [-0.05, 0) is 33.6 Å². The highest BCUT2D eigenvalue weighted by atomic mass is 16.5. The molecule has 0 bridgehead atoms. The fraction of sp³-hybridized carbons (Fsp3) is 0.857. The second-order valence-corrected chi connectivity index (χ2v) is 6.18. The molecule has 0 unspecified atom stereocenters. The van der Waals surface area contributed by atoms with Crippen LogP contribution < -0.4 is 11.3 Å². The quantitative estimate of drug-likeness (QED) is 0.313. The van der Waals surface area contributed by atoms with E-state index in [0.717, 1.165) is 0 Å². The molecule has 1 rings (SSSR count). The number of likely N-dealkylation sites (tertiary alicyclic amines) is 1. The molecule has 0 aromatic carbocycles. The molecule has 0 radical (unpaired) electrons. The summed E-state index contributed by atoms with van der Waals surface area (Å²) in [4.78, 5) is 25.1. The van der Waals surface area contributed by atoms with Crippen LogP contribution >= 0.6 is 0 Å². The Morgan fingerprint density at radius 3 is 2.38 bits per heavy atom. The topological polar surface area (TPSA) is 93.9 Å². The van der Waals surface area contributed by atoms with Crippen LogP contribution in [0.1, 0.15) is 33.6 Å². The first kappa shape index (κ1) is 17.9. The van der Waals surface area contributed by atoms with Crippen LogP contribution in [-0.4, -0.2) is 55.2 Å². The van der Waals surface area contributed by atoms with Gasteiger partial charge in [0.25, 0.3) is 0 Å². The number of ether oxygens (including phenoxy) is 2. The van der Waals surface area contributed by atoms with Crippen molar-refractivity contribution in [2.24, 2.45) is 11.8 Å². The zero-order valence-electron chi connectivity index (χ0n) is 13.2. The van der Waals surface area contributed by atoms with Crippen LogP contribution in [0.15, 0.2) is 0 Å². The molecule has 7 heteroatoms. The molecule has 3 N–H and O–H groups in total. The fourth-order valence-corrected chi connectivity index (χ4v) is 2.17. The first-order valence-corrected chi connectivity index (χ1v) is 7.33. The van der Waals surface area contributed by atoms with Crippen molar-refractivity contribution in [1.82, 2.24) is 10.3 Å². The van der Waals surface area contributed by atoms with E-state index in [9.17, 15) is 9.59 Å². The highest BCUT2D eigenvalue weighted by molar-refractivity contribution is 5.80. The normalized spacial score (nSPS) is 16.9. The van der Waals surface area contributed by atoms with E-state index in [1.807, 2.05) is 20.8 Å². The van der Waals surface area contributed by atoms with Gasteiger partial charge in [0.2, 0.25) is 11.8 Å². The molecule has 1 fully saturated rings. The van der Waals surface area contributed by atoms with Gasteiger partial charge in [0.15, 0.2) is 0 Å². The van der Waals surface area contributed by atoms with E-state index >= 15 is 0 Å². The number of nitrogens with two attached hydrogens (primary N) is 1. The maximum absolute atomic E-state index is 11.9. The van der Waals surface area contributed by atoms with Gasteiger partial charge in [0.05, 0.1) is 18.8 Å². The minimum absolute atomic E-state index is 0.0441. The summed E-state index contributed by atoms with van der Waals surface area (Å²) in [6, 6.07) is 0. The Kier molecular flexibility index (Phi) is 7.07. The lowest BCUT2D eigenvalue weighted by Gasteiger charge is -2.31. The molecule has 0 aromatic rings. The lowest BCUT2D eigenvalue weighted by atomic mass is 9.96. The van der Waals surface area contributed by atoms with Gasteiger partial charge in [-0.3, -0.25) is 15.0 Å². The summed E-state index contributed by atoms with van der Waals surface area (Å²) in [6.07, 6.45) is 1.28. The monoisotopic (exact) mass is 301 g/mol. The Morgan fingerprint density at radius 1 is 1.24 bits per heavy atom. The highest BCUT2D eigenvalue weighted by Crippen LogP contribution is 2.17. The van der Waals surface area contributed by atoms with Gasteiger partial charge in [0, 0.05) is 19.0 Å². The summed E-state index contributed by atoms with van der Waals surface area (Å²) in [7, 11) is 0. The van der Waals surface area contributed by atoms with Gasteiger partial charge in [-0.15, -0.1) is 0 Å². The number of piperidine rings is 1. The van der Waals surface area contributed by atoms with Crippen molar-refractivity contribution in [3.63, 3.8) is 0 Å². The molecule has 7 nitrogen and oxygen atoms in total. The molecule has 0 saturated carbocycles. The number of hydrogen-bond acceptors (Lipinski definition) is 5. The van der Waals surface area contributed by atoms with Crippen LogP contribution in [-0.2, 0) is 19.1 Å². The molecule has 0 aliphatic carbocycles. The van der Waals surface area contributed by atoms with E-state index in [1.165, 1.54) is 0 Å². The Labute approximate surface area is 126 Å². The number of rotatable bonds is 6. The van der Waals surface area contributed by atoms with Gasteiger partial charge in [-0.1, -0.05) is 0 Å². The van der Waals surface area contributed by atoms with Gasteiger partial charge >= 0.3 is 0 Å². The molecule has 0 atom stereocenters. The van der Waals surface area contributed by atoms with E-state index in [1.54, 1.807) is 4.90 Å². The second-order valence-electron chi connectivity index (χ2n) is 6.18.